The normalized spacial score (nSPS) is 17.7. The van der Waals surface area contributed by atoms with Gasteiger partial charge < -0.3 is 15.4 Å². The molecule has 0 aromatic carbocycles. The summed E-state index contributed by atoms with van der Waals surface area (Å²) in [6, 6.07) is 2.04. The molecule has 2 aromatic rings. The Balaban J connectivity index is 1.53. The highest BCUT2D eigenvalue weighted by Crippen LogP contribution is 2.24. The highest BCUT2D eigenvalue weighted by Gasteiger charge is 2.27. The Kier molecular flexibility index (Phi) is 5.28. The van der Waals surface area contributed by atoms with Gasteiger partial charge in [0.2, 0.25) is 5.91 Å². The van der Waals surface area contributed by atoms with E-state index < -0.39 is 0 Å². The standard InChI is InChI=1S/C17H24N6O2/c1-12-10-13(2)23(21-12)7-3-4-15(24)22-8-9-25-14(11-22)16-17(18)20-6-5-19-16/h5-6,10,14H,3-4,7-9,11H2,1-2H3,(H2,18,20)/t14-/m1/s1. The van der Waals surface area contributed by atoms with Gasteiger partial charge in [0, 0.05) is 37.6 Å². The van der Waals surface area contributed by atoms with Crippen LogP contribution in [0.2, 0.25) is 0 Å². The minimum absolute atomic E-state index is 0.122. The topological polar surface area (TPSA) is 99.2 Å². The van der Waals surface area contributed by atoms with E-state index in [0.717, 1.165) is 24.4 Å². The maximum atomic E-state index is 12.5. The van der Waals surface area contributed by atoms with Gasteiger partial charge in [-0.25, -0.2) is 4.98 Å². The summed E-state index contributed by atoms with van der Waals surface area (Å²) in [4.78, 5) is 22.6. The van der Waals surface area contributed by atoms with Crippen molar-refractivity contribution >= 4 is 11.7 Å². The lowest BCUT2D eigenvalue weighted by atomic mass is 10.1. The molecule has 0 radical (unpaired) electrons. The molecule has 0 saturated carbocycles. The van der Waals surface area contributed by atoms with E-state index in [9.17, 15) is 4.79 Å². The molecule has 8 heteroatoms. The molecule has 1 atom stereocenters. The van der Waals surface area contributed by atoms with E-state index in [4.69, 9.17) is 10.5 Å². The first-order chi connectivity index (χ1) is 12.0. The van der Waals surface area contributed by atoms with Crippen molar-refractivity contribution in [1.29, 1.82) is 0 Å². The molecule has 3 heterocycles. The van der Waals surface area contributed by atoms with Crippen LogP contribution in [0, 0.1) is 13.8 Å². The highest BCUT2D eigenvalue weighted by atomic mass is 16.5. The zero-order valence-corrected chi connectivity index (χ0v) is 14.7. The smallest absolute Gasteiger partial charge is 0.222 e. The first kappa shape index (κ1) is 17.3. The fourth-order valence-corrected chi connectivity index (χ4v) is 3.09. The number of nitrogens with two attached hydrogens (primary N) is 1. The number of rotatable bonds is 5. The Morgan fingerprint density at radius 2 is 2.16 bits per heavy atom. The van der Waals surface area contributed by atoms with Crippen molar-refractivity contribution in [2.45, 2.75) is 39.3 Å². The number of ether oxygens (including phenoxy) is 1. The molecule has 8 nitrogen and oxygen atoms in total. The van der Waals surface area contributed by atoms with Gasteiger partial charge in [-0.3, -0.25) is 14.5 Å². The minimum atomic E-state index is -0.317. The SMILES string of the molecule is Cc1cc(C)n(CCCC(=O)N2CCO[C@@H](c3nccnc3N)C2)n1. The van der Waals surface area contributed by atoms with Crippen LogP contribution in [0.4, 0.5) is 5.82 Å². The Bertz CT molecular complexity index is 744. The summed E-state index contributed by atoms with van der Waals surface area (Å²) in [6.45, 7) is 6.28. The zero-order valence-electron chi connectivity index (χ0n) is 14.7. The van der Waals surface area contributed by atoms with E-state index >= 15 is 0 Å². The van der Waals surface area contributed by atoms with Crippen LogP contribution < -0.4 is 5.73 Å². The molecule has 1 aliphatic rings. The van der Waals surface area contributed by atoms with Gasteiger partial charge in [0.05, 0.1) is 18.8 Å². The minimum Gasteiger partial charge on any atom is -0.382 e. The van der Waals surface area contributed by atoms with Gasteiger partial charge in [-0.2, -0.15) is 5.10 Å². The monoisotopic (exact) mass is 344 g/mol. The van der Waals surface area contributed by atoms with Crippen LogP contribution in [0.3, 0.4) is 0 Å². The molecule has 134 valence electrons. The van der Waals surface area contributed by atoms with Crippen molar-refractivity contribution in [3.05, 3.63) is 35.5 Å². The number of nitrogens with zero attached hydrogens (tertiary/aromatic N) is 5. The van der Waals surface area contributed by atoms with Gasteiger partial charge in [-0.15, -0.1) is 0 Å². The predicted molar refractivity (Wildman–Crippen MR) is 92.7 cm³/mol. The molecule has 1 amide bonds. The summed E-state index contributed by atoms with van der Waals surface area (Å²) >= 11 is 0. The third-order valence-corrected chi connectivity index (χ3v) is 4.34. The van der Waals surface area contributed by atoms with E-state index in [0.29, 0.717) is 37.6 Å². The fraction of sp³-hybridized carbons (Fsp3) is 0.529. The molecular weight excluding hydrogens is 320 g/mol. The molecule has 0 bridgehead atoms. The second-order valence-corrected chi connectivity index (χ2v) is 6.28. The fourth-order valence-electron chi connectivity index (χ4n) is 3.09. The summed E-state index contributed by atoms with van der Waals surface area (Å²) in [7, 11) is 0. The third-order valence-electron chi connectivity index (χ3n) is 4.34. The molecule has 2 aromatic heterocycles. The Morgan fingerprint density at radius 3 is 2.88 bits per heavy atom. The third kappa shape index (κ3) is 4.14. The van der Waals surface area contributed by atoms with E-state index in [1.54, 1.807) is 12.4 Å². The van der Waals surface area contributed by atoms with E-state index in [1.807, 2.05) is 29.5 Å². The van der Waals surface area contributed by atoms with Gasteiger partial charge in [0.25, 0.3) is 0 Å². The van der Waals surface area contributed by atoms with Crippen LogP contribution >= 0.6 is 0 Å². The number of carbonyl (C=O) groups excluding carboxylic acids is 1. The van der Waals surface area contributed by atoms with Crippen LogP contribution in [-0.2, 0) is 16.1 Å². The first-order valence-electron chi connectivity index (χ1n) is 8.51. The molecule has 2 N–H and O–H groups in total. The molecule has 0 unspecified atom stereocenters. The summed E-state index contributed by atoms with van der Waals surface area (Å²) in [6.07, 6.45) is 4.06. The lowest BCUT2D eigenvalue weighted by molar-refractivity contribution is -0.139. The number of amides is 1. The second-order valence-electron chi connectivity index (χ2n) is 6.28. The van der Waals surface area contributed by atoms with Gasteiger partial charge in [-0.1, -0.05) is 0 Å². The number of carbonyl (C=O) groups is 1. The average Bonchev–Trinajstić information content (AvgIpc) is 2.93. The number of anilines is 1. The summed E-state index contributed by atoms with van der Waals surface area (Å²) in [5.74, 6) is 0.476. The lowest BCUT2D eigenvalue weighted by Gasteiger charge is -2.33. The lowest BCUT2D eigenvalue weighted by Crippen LogP contribution is -2.42. The average molecular weight is 344 g/mol. The van der Waals surface area contributed by atoms with E-state index in [1.165, 1.54) is 0 Å². The summed E-state index contributed by atoms with van der Waals surface area (Å²) < 4.78 is 7.68. The number of aryl methyl sites for hydroxylation is 3. The maximum Gasteiger partial charge on any atom is 0.222 e. The van der Waals surface area contributed by atoms with E-state index in [-0.39, 0.29) is 12.0 Å². The second kappa shape index (κ2) is 7.60. The number of hydrogen-bond acceptors (Lipinski definition) is 6. The van der Waals surface area contributed by atoms with Crippen molar-refractivity contribution in [3.8, 4) is 0 Å². The Hall–Kier alpha value is -2.48. The Labute approximate surface area is 147 Å². The van der Waals surface area contributed by atoms with Crippen LogP contribution in [0.25, 0.3) is 0 Å². The number of morpholine rings is 1. The first-order valence-corrected chi connectivity index (χ1v) is 8.51. The number of hydrogen-bond donors (Lipinski definition) is 1. The predicted octanol–water partition coefficient (Wildman–Crippen LogP) is 1.25. The molecule has 0 aliphatic carbocycles. The van der Waals surface area contributed by atoms with Crippen molar-refractivity contribution in [2.75, 3.05) is 25.4 Å². The highest BCUT2D eigenvalue weighted by molar-refractivity contribution is 5.76. The molecular formula is C17H24N6O2. The molecule has 1 aliphatic heterocycles. The Morgan fingerprint density at radius 1 is 1.36 bits per heavy atom. The summed E-state index contributed by atoms with van der Waals surface area (Å²) in [5, 5.41) is 4.42. The number of nitrogen functional groups attached to an aromatic ring is 1. The quantitative estimate of drug-likeness (QED) is 0.876. The molecule has 0 spiro atoms. The molecule has 3 rings (SSSR count). The van der Waals surface area contributed by atoms with Gasteiger partial charge >= 0.3 is 0 Å². The zero-order chi connectivity index (χ0) is 17.8. The number of aromatic nitrogens is 4. The maximum absolute atomic E-state index is 12.5. The van der Waals surface area contributed by atoms with E-state index in [2.05, 4.69) is 15.1 Å². The molecule has 1 fully saturated rings. The van der Waals surface area contributed by atoms with Gasteiger partial charge in [-0.05, 0) is 26.3 Å². The van der Waals surface area contributed by atoms with Crippen LogP contribution in [0.5, 0.6) is 0 Å². The van der Waals surface area contributed by atoms with Gasteiger partial charge in [0.15, 0.2) is 0 Å². The van der Waals surface area contributed by atoms with Crippen molar-refractivity contribution in [1.82, 2.24) is 24.6 Å². The molecule has 1 saturated heterocycles. The van der Waals surface area contributed by atoms with Gasteiger partial charge in [0.1, 0.15) is 17.6 Å². The summed E-state index contributed by atoms with van der Waals surface area (Å²) in [5.41, 5.74) is 8.59. The largest absolute Gasteiger partial charge is 0.382 e. The van der Waals surface area contributed by atoms with Crippen LogP contribution in [-0.4, -0.2) is 50.3 Å². The van der Waals surface area contributed by atoms with Crippen molar-refractivity contribution in [3.63, 3.8) is 0 Å². The van der Waals surface area contributed by atoms with Crippen molar-refractivity contribution < 1.29 is 9.53 Å². The van der Waals surface area contributed by atoms with Crippen LogP contribution in [0.15, 0.2) is 18.5 Å². The van der Waals surface area contributed by atoms with Crippen molar-refractivity contribution in [2.24, 2.45) is 0 Å². The molecule has 25 heavy (non-hydrogen) atoms. The van der Waals surface area contributed by atoms with Crippen LogP contribution in [0.1, 0.15) is 36.0 Å².